The fourth-order valence-electron chi connectivity index (χ4n) is 1.70. The number of nitrogens with zero attached hydrogens (tertiary/aromatic N) is 4. The van der Waals surface area contributed by atoms with Gasteiger partial charge in [0.15, 0.2) is 6.33 Å². The molecule has 6 heteroatoms. The lowest BCUT2D eigenvalue weighted by Crippen LogP contribution is -2.22. The van der Waals surface area contributed by atoms with Crippen LogP contribution in [-0.4, -0.2) is 14.8 Å². The molecule has 0 fully saturated rings. The van der Waals surface area contributed by atoms with Gasteiger partial charge in [0.1, 0.15) is 5.52 Å². The molecule has 0 spiro atoms. The molecule has 0 N–H and O–H groups in total. The zero-order valence-electron chi connectivity index (χ0n) is 8.35. The van der Waals surface area contributed by atoms with Gasteiger partial charge in [0.2, 0.25) is 0 Å². The van der Waals surface area contributed by atoms with Gasteiger partial charge >= 0.3 is 5.28 Å². The Morgan fingerprint density at radius 1 is 1.31 bits per heavy atom. The summed E-state index contributed by atoms with van der Waals surface area (Å²) in [4.78, 5) is 4.27. The summed E-state index contributed by atoms with van der Waals surface area (Å²) < 4.78 is 3.41. The fourth-order valence-corrected chi connectivity index (χ4v) is 2.09. The number of aryl methyl sites for hydroxylation is 1. The number of fused-ring (bicyclic) bond motifs is 3. The van der Waals surface area contributed by atoms with Gasteiger partial charge in [0, 0.05) is 5.02 Å². The average molecular weight is 254 g/mol. The van der Waals surface area contributed by atoms with Crippen molar-refractivity contribution < 1.29 is 4.40 Å². The number of hydrogen-bond acceptors (Lipinski definition) is 2. The van der Waals surface area contributed by atoms with E-state index in [1.807, 2.05) is 19.2 Å². The molecule has 16 heavy (non-hydrogen) atoms. The normalized spacial score (nSPS) is 11.4. The van der Waals surface area contributed by atoms with Gasteiger partial charge in [-0.2, -0.15) is 9.08 Å². The highest BCUT2D eigenvalue weighted by atomic mass is 35.5. The fraction of sp³-hybridized carbons (Fsp3) is 0.100. The maximum Gasteiger partial charge on any atom is 0.309 e. The van der Waals surface area contributed by atoms with Crippen LogP contribution in [0.5, 0.6) is 0 Å². The van der Waals surface area contributed by atoms with E-state index in [0.29, 0.717) is 10.3 Å². The first-order valence-corrected chi connectivity index (χ1v) is 5.40. The quantitative estimate of drug-likeness (QED) is 0.454. The molecule has 2 heterocycles. The Kier molecular flexibility index (Phi) is 2.02. The number of benzene rings is 1. The summed E-state index contributed by atoms with van der Waals surface area (Å²) in [7, 11) is 1.83. The summed E-state index contributed by atoms with van der Waals surface area (Å²) in [5.74, 6) is 0. The van der Waals surface area contributed by atoms with Gasteiger partial charge in [-0.3, -0.25) is 0 Å². The zero-order valence-corrected chi connectivity index (χ0v) is 9.87. The predicted octanol–water partition coefficient (Wildman–Crippen LogP) is 2.01. The first-order valence-electron chi connectivity index (χ1n) is 4.65. The summed E-state index contributed by atoms with van der Waals surface area (Å²) in [6.07, 6.45) is 1.77. The van der Waals surface area contributed by atoms with Crippen LogP contribution in [-0.2, 0) is 7.05 Å². The van der Waals surface area contributed by atoms with Gasteiger partial charge in [-0.1, -0.05) is 11.6 Å². The molecule has 80 valence electrons. The highest BCUT2D eigenvalue weighted by Gasteiger charge is 2.16. The van der Waals surface area contributed by atoms with Crippen molar-refractivity contribution >= 4 is 39.8 Å². The molecule has 4 nitrogen and oxygen atoms in total. The second-order valence-electron chi connectivity index (χ2n) is 3.53. The average Bonchev–Trinajstić information content (AvgIpc) is 2.62. The summed E-state index contributed by atoms with van der Waals surface area (Å²) in [5, 5.41) is 6.27. The SMILES string of the molecule is Cn1c[n+]2c(Cl)nc3ccc(Cl)cc3c2n1. The standard InChI is InChI=1S/C10H7Cl2N4/c1-15-5-16-9(14-15)7-4-6(11)2-3-8(7)13-10(16)12/h2-5H,1H3/q+1. The molecule has 0 aliphatic rings. The minimum Gasteiger partial charge on any atom is -0.180 e. The van der Waals surface area contributed by atoms with Crippen LogP contribution in [0.3, 0.4) is 0 Å². The van der Waals surface area contributed by atoms with E-state index >= 15 is 0 Å². The summed E-state index contributed by atoms with van der Waals surface area (Å²) in [6.45, 7) is 0. The lowest BCUT2D eigenvalue weighted by molar-refractivity contribution is -0.513. The van der Waals surface area contributed by atoms with Gasteiger partial charge in [-0.05, 0) is 34.9 Å². The number of hydrogen-bond donors (Lipinski definition) is 0. The topological polar surface area (TPSA) is 34.8 Å². The monoisotopic (exact) mass is 253 g/mol. The second kappa shape index (κ2) is 3.30. The van der Waals surface area contributed by atoms with Crippen LogP contribution in [0.15, 0.2) is 24.5 Å². The molecular weight excluding hydrogens is 247 g/mol. The molecule has 0 aliphatic heterocycles. The molecule has 0 atom stereocenters. The first-order chi connectivity index (χ1) is 7.65. The molecule has 3 aromatic rings. The lowest BCUT2D eigenvalue weighted by Gasteiger charge is -1.95. The summed E-state index contributed by atoms with van der Waals surface area (Å²) in [6, 6.07) is 5.45. The van der Waals surface area contributed by atoms with Crippen molar-refractivity contribution in [2.75, 3.05) is 0 Å². The highest BCUT2D eigenvalue weighted by molar-refractivity contribution is 6.31. The van der Waals surface area contributed by atoms with Gasteiger partial charge < -0.3 is 0 Å². The van der Waals surface area contributed by atoms with Gasteiger partial charge in [-0.15, -0.1) is 4.98 Å². The Morgan fingerprint density at radius 3 is 2.94 bits per heavy atom. The Labute approximate surface area is 101 Å². The van der Waals surface area contributed by atoms with E-state index in [-0.39, 0.29) is 0 Å². The Hall–Kier alpha value is -1.39. The van der Waals surface area contributed by atoms with Gasteiger partial charge in [0.05, 0.1) is 12.4 Å². The Morgan fingerprint density at radius 2 is 2.12 bits per heavy atom. The van der Waals surface area contributed by atoms with Crippen LogP contribution in [0.4, 0.5) is 0 Å². The molecule has 0 unspecified atom stereocenters. The van der Waals surface area contributed by atoms with Crippen LogP contribution in [0.2, 0.25) is 10.3 Å². The number of rotatable bonds is 0. The van der Waals surface area contributed by atoms with E-state index in [4.69, 9.17) is 23.2 Å². The largest absolute Gasteiger partial charge is 0.309 e. The van der Waals surface area contributed by atoms with Crippen LogP contribution >= 0.6 is 23.2 Å². The van der Waals surface area contributed by atoms with E-state index in [1.165, 1.54) is 0 Å². The van der Waals surface area contributed by atoms with Crippen molar-refractivity contribution in [1.29, 1.82) is 0 Å². The minimum absolute atomic E-state index is 0.387. The molecule has 3 rings (SSSR count). The van der Waals surface area contributed by atoms with Gasteiger partial charge in [0.25, 0.3) is 5.65 Å². The molecular formula is C10H7Cl2N4+. The van der Waals surface area contributed by atoms with E-state index < -0.39 is 0 Å². The van der Waals surface area contributed by atoms with Crippen LogP contribution in [0.25, 0.3) is 16.6 Å². The van der Waals surface area contributed by atoms with Crippen molar-refractivity contribution in [2.45, 2.75) is 0 Å². The van der Waals surface area contributed by atoms with Crippen molar-refractivity contribution in [3.05, 3.63) is 34.8 Å². The third-order valence-electron chi connectivity index (χ3n) is 2.37. The van der Waals surface area contributed by atoms with Crippen LogP contribution < -0.4 is 4.40 Å². The Balaban J connectivity index is 2.59. The van der Waals surface area contributed by atoms with Crippen molar-refractivity contribution in [1.82, 2.24) is 14.8 Å². The third-order valence-corrected chi connectivity index (χ3v) is 2.88. The van der Waals surface area contributed by atoms with E-state index in [0.717, 1.165) is 16.6 Å². The zero-order chi connectivity index (χ0) is 11.3. The van der Waals surface area contributed by atoms with E-state index in [1.54, 1.807) is 21.5 Å². The molecule has 0 aliphatic carbocycles. The summed E-state index contributed by atoms with van der Waals surface area (Å²) in [5.41, 5.74) is 1.54. The van der Waals surface area contributed by atoms with Crippen LogP contribution in [0, 0.1) is 0 Å². The van der Waals surface area contributed by atoms with Crippen molar-refractivity contribution in [3.8, 4) is 0 Å². The number of halogens is 2. The van der Waals surface area contributed by atoms with E-state index in [9.17, 15) is 0 Å². The molecule has 2 aromatic heterocycles. The summed E-state index contributed by atoms with van der Waals surface area (Å²) >= 11 is 12.0. The second-order valence-corrected chi connectivity index (χ2v) is 4.30. The third kappa shape index (κ3) is 1.34. The van der Waals surface area contributed by atoms with E-state index in [2.05, 4.69) is 10.1 Å². The number of aromatic nitrogens is 4. The maximum absolute atomic E-state index is 6.05. The van der Waals surface area contributed by atoms with Crippen molar-refractivity contribution in [2.24, 2.45) is 7.05 Å². The molecule has 0 saturated carbocycles. The van der Waals surface area contributed by atoms with Crippen molar-refractivity contribution in [3.63, 3.8) is 0 Å². The molecule has 1 aromatic carbocycles. The molecule has 0 bridgehead atoms. The minimum atomic E-state index is 0.387. The van der Waals surface area contributed by atoms with Gasteiger partial charge in [-0.25, -0.2) is 0 Å². The predicted molar refractivity (Wildman–Crippen MR) is 61.7 cm³/mol. The Bertz CT molecular complexity index is 705. The first kappa shape index (κ1) is 9.81. The molecule has 0 radical (unpaired) electrons. The lowest BCUT2D eigenvalue weighted by atomic mass is 10.2. The highest BCUT2D eigenvalue weighted by Crippen LogP contribution is 2.20. The smallest absolute Gasteiger partial charge is 0.180 e. The van der Waals surface area contributed by atoms with Crippen LogP contribution in [0.1, 0.15) is 0 Å². The molecule has 0 saturated heterocycles. The molecule has 0 amide bonds. The maximum atomic E-state index is 6.05.